The molecule has 0 atom stereocenters. The fourth-order valence-electron chi connectivity index (χ4n) is 1.56. The van der Waals surface area contributed by atoms with Crippen molar-refractivity contribution in [1.82, 2.24) is 9.97 Å². The maximum atomic E-state index is 13.3. The Bertz CT molecular complexity index is 635. The molecule has 0 saturated heterocycles. The third-order valence-corrected chi connectivity index (χ3v) is 2.57. The zero-order valence-corrected chi connectivity index (χ0v) is 10.1. The normalized spacial score (nSPS) is 10.9. The van der Waals surface area contributed by atoms with Crippen molar-refractivity contribution in [3.05, 3.63) is 46.1 Å². The minimum atomic E-state index is -0.745. The summed E-state index contributed by atoms with van der Waals surface area (Å²) in [5.41, 5.74) is 0.782. The van der Waals surface area contributed by atoms with Crippen LogP contribution in [-0.4, -0.2) is 15.1 Å². The molecule has 4 nitrogen and oxygen atoms in total. The van der Waals surface area contributed by atoms with Gasteiger partial charge < -0.3 is 10.1 Å². The van der Waals surface area contributed by atoms with Gasteiger partial charge in [0.2, 0.25) is 0 Å². The van der Waals surface area contributed by atoms with E-state index in [1.54, 1.807) is 0 Å². The van der Waals surface area contributed by atoms with Gasteiger partial charge in [0, 0.05) is 11.6 Å². The lowest BCUT2D eigenvalue weighted by atomic mass is 10.1. The number of hydrogen-bond donors (Lipinski definition) is 2. The minimum Gasteiger partial charge on any atom is -0.505 e. The molecule has 1 aromatic carbocycles. The maximum Gasteiger partial charge on any atom is 0.251 e. The predicted octanol–water partition coefficient (Wildman–Crippen LogP) is 2.41. The Labute approximate surface area is 103 Å². The van der Waals surface area contributed by atoms with Crippen molar-refractivity contribution in [3.63, 3.8) is 0 Å². The topological polar surface area (TPSA) is 66.0 Å². The van der Waals surface area contributed by atoms with Crippen molar-refractivity contribution in [2.75, 3.05) is 0 Å². The fraction of sp³-hybridized carbons (Fsp3) is 0.231. The molecule has 1 aromatic heterocycles. The zero-order chi connectivity index (χ0) is 13.3. The highest BCUT2D eigenvalue weighted by Crippen LogP contribution is 2.22. The molecule has 0 saturated carbocycles. The van der Waals surface area contributed by atoms with Crippen LogP contribution in [0.1, 0.15) is 25.5 Å². The number of aromatic hydroxyl groups is 1. The highest BCUT2D eigenvalue weighted by atomic mass is 19.1. The summed E-state index contributed by atoms with van der Waals surface area (Å²) in [5.74, 6) is -0.774. The van der Waals surface area contributed by atoms with Crippen LogP contribution in [-0.2, 0) is 0 Å². The van der Waals surface area contributed by atoms with Gasteiger partial charge in [-0.3, -0.25) is 4.79 Å². The number of nitrogens with one attached hydrogen (secondary N) is 1. The molecule has 0 unspecified atom stereocenters. The average molecular weight is 248 g/mol. The number of rotatable bonds is 2. The van der Waals surface area contributed by atoms with Crippen LogP contribution in [0.4, 0.5) is 4.39 Å². The summed E-state index contributed by atoms with van der Waals surface area (Å²) in [5, 5.41) is 9.12. The van der Waals surface area contributed by atoms with Gasteiger partial charge in [-0.25, -0.2) is 9.37 Å². The van der Waals surface area contributed by atoms with Crippen molar-refractivity contribution < 1.29 is 9.50 Å². The molecule has 0 radical (unpaired) electrons. The summed E-state index contributed by atoms with van der Waals surface area (Å²) in [6.45, 7) is 3.84. The number of nitrogens with zero attached hydrogens (tertiary/aromatic N) is 1. The lowest BCUT2D eigenvalue weighted by Gasteiger charge is -2.07. The van der Waals surface area contributed by atoms with Crippen LogP contribution in [0, 0.1) is 5.82 Å². The first-order valence-electron chi connectivity index (χ1n) is 5.57. The second-order valence-electron chi connectivity index (χ2n) is 4.34. The number of H-pyrrole nitrogens is 1. The van der Waals surface area contributed by atoms with Gasteiger partial charge in [0.15, 0.2) is 11.6 Å². The number of hydrogen-bond acceptors (Lipinski definition) is 3. The summed E-state index contributed by atoms with van der Waals surface area (Å²) in [7, 11) is 0. The van der Waals surface area contributed by atoms with Crippen molar-refractivity contribution >= 4 is 0 Å². The van der Waals surface area contributed by atoms with Crippen LogP contribution < -0.4 is 5.56 Å². The Balaban J connectivity index is 2.56. The molecule has 0 aliphatic heterocycles. The van der Waals surface area contributed by atoms with E-state index in [4.69, 9.17) is 5.11 Å². The number of halogens is 1. The highest BCUT2D eigenvalue weighted by Gasteiger charge is 2.09. The van der Waals surface area contributed by atoms with Crippen LogP contribution in [0.25, 0.3) is 11.4 Å². The van der Waals surface area contributed by atoms with E-state index in [-0.39, 0.29) is 11.5 Å². The Hall–Kier alpha value is -2.17. The quantitative estimate of drug-likeness (QED) is 0.857. The standard InChI is InChI=1S/C13H13FN2O2/c1-7(2)10-6-12(18)16-13(15-10)8-3-4-11(17)9(14)5-8/h3-7,17H,1-2H3,(H,15,16,18). The molecule has 0 spiro atoms. The average Bonchev–Trinajstić information content (AvgIpc) is 2.31. The SMILES string of the molecule is CC(C)c1cc(=O)[nH]c(-c2ccc(O)c(F)c2)n1. The van der Waals surface area contributed by atoms with Crippen LogP contribution in [0.15, 0.2) is 29.1 Å². The summed E-state index contributed by atoms with van der Waals surface area (Å²) in [4.78, 5) is 18.3. The Morgan fingerprint density at radius 1 is 1.33 bits per heavy atom. The molecule has 2 aromatic rings. The fourth-order valence-corrected chi connectivity index (χ4v) is 1.56. The Morgan fingerprint density at radius 2 is 2.06 bits per heavy atom. The van der Waals surface area contributed by atoms with Crippen molar-refractivity contribution in [3.8, 4) is 17.1 Å². The monoisotopic (exact) mass is 248 g/mol. The van der Waals surface area contributed by atoms with E-state index < -0.39 is 11.6 Å². The molecule has 0 fully saturated rings. The van der Waals surface area contributed by atoms with Crippen LogP contribution in [0.2, 0.25) is 0 Å². The van der Waals surface area contributed by atoms with E-state index in [1.165, 1.54) is 18.2 Å². The van der Waals surface area contributed by atoms with Gasteiger partial charge in [0.05, 0.1) is 5.69 Å². The molecule has 18 heavy (non-hydrogen) atoms. The van der Waals surface area contributed by atoms with Gasteiger partial charge in [-0.1, -0.05) is 13.8 Å². The van der Waals surface area contributed by atoms with Gasteiger partial charge in [-0.2, -0.15) is 0 Å². The third-order valence-electron chi connectivity index (χ3n) is 2.57. The van der Waals surface area contributed by atoms with E-state index in [0.29, 0.717) is 17.1 Å². The summed E-state index contributed by atoms with van der Waals surface area (Å²) in [6.07, 6.45) is 0. The predicted molar refractivity (Wildman–Crippen MR) is 66.0 cm³/mol. The highest BCUT2D eigenvalue weighted by molar-refractivity contribution is 5.56. The first-order valence-corrected chi connectivity index (χ1v) is 5.57. The summed E-state index contributed by atoms with van der Waals surface area (Å²) < 4.78 is 13.3. The molecule has 0 amide bonds. The van der Waals surface area contributed by atoms with E-state index in [1.807, 2.05) is 13.8 Å². The first-order chi connectivity index (χ1) is 8.47. The smallest absolute Gasteiger partial charge is 0.251 e. The van der Waals surface area contributed by atoms with Crippen LogP contribution in [0.3, 0.4) is 0 Å². The van der Waals surface area contributed by atoms with E-state index in [9.17, 15) is 9.18 Å². The van der Waals surface area contributed by atoms with Gasteiger partial charge in [-0.15, -0.1) is 0 Å². The summed E-state index contributed by atoms with van der Waals surface area (Å²) >= 11 is 0. The largest absolute Gasteiger partial charge is 0.505 e. The number of phenolic OH excluding ortho intramolecular Hbond substituents is 1. The molecule has 2 rings (SSSR count). The van der Waals surface area contributed by atoms with Crippen molar-refractivity contribution in [1.29, 1.82) is 0 Å². The molecule has 94 valence electrons. The van der Waals surface area contributed by atoms with Crippen molar-refractivity contribution in [2.45, 2.75) is 19.8 Å². The molecular weight excluding hydrogens is 235 g/mol. The lowest BCUT2D eigenvalue weighted by Crippen LogP contribution is -2.11. The lowest BCUT2D eigenvalue weighted by molar-refractivity contribution is 0.432. The van der Waals surface area contributed by atoms with Gasteiger partial charge in [-0.05, 0) is 24.1 Å². The number of aromatic nitrogens is 2. The molecule has 2 N–H and O–H groups in total. The molecule has 0 aliphatic carbocycles. The maximum absolute atomic E-state index is 13.3. The van der Waals surface area contributed by atoms with Crippen LogP contribution in [0.5, 0.6) is 5.75 Å². The summed E-state index contributed by atoms with van der Waals surface area (Å²) in [6, 6.07) is 5.29. The van der Waals surface area contributed by atoms with Gasteiger partial charge >= 0.3 is 0 Å². The third kappa shape index (κ3) is 2.40. The Kier molecular flexibility index (Phi) is 3.14. The molecule has 0 aliphatic rings. The number of aromatic amines is 1. The Morgan fingerprint density at radius 3 is 2.67 bits per heavy atom. The van der Waals surface area contributed by atoms with Gasteiger partial charge in [0.25, 0.3) is 5.56 Å². The molecular formula is C13H13FN2O2. The first kappa shape index (κ1) is 12.3. The minimum absolute atomic E-state index is 0.105. The van der Waals surface area contributed by atoms with E-state index >= 15 is 0 Å². The molecule has 0 bridgehead atoms. The van der Waals surface area contributed by atoms with E-state index in [2.05, 4.69) is 9.97 Å². The molecule has 1 heterocycles. The van der Waals surface area contributed by atoms with E-state index in [0.717, 1.165) is 6.07 Å². The number of phenols is 1. The van der Waals surface area contributed by atoms with Crippen molar-refractivity contribution in [2.24, 2.45) is 0 Å². The molecule has 5 heteroatoms. The van der Waals surface area contributed by atoms with Crippen LogP contribution >= 0.6 is 0 Å². The van der Waals surface area contributed by atoms with Gasteiger partial charge in [0.1, 0.15) is 5.82 Å². The second-order valence-corrected chi connectivity index (χ2v) is 4.34. The second kappa shape index (κ2) is 4.60. The number of benzene rings is 1. The zero-order valence-electron chi connectivity index (χ0n) is 10.1.